The first-order valence-corrected chi connectivity index (χ1v) is 21.3. The van der Waals surface area contributed by atoms with E-state index in [9.17, 15) is 0 Å². The van der Waals surface area contributed by atoms with Crippen LogP contribution >= 0.6 is 11.3 Å². The number of hydrogen-bond acceptors (Lipinski definition) is 2. The van der Waals surface area contributed by atoms with E-state index in [1.807, 2.05) is 11.3 Å². The summed E-state index contributed by atoms with van der Waals surface area (Å²) >= 11 is 1.90. The van der Waals surface area contributed by atoms with E-state index in [2.05, 4.69) is 241 Å². The van der Waals surface area contributed by atoms with Crippen LogP contribution in [-0.2, 0) is 0 Å². The molecule has 0 aliphatic carbocycles. The Morgan fingerprint density at radius 1 is 0.250 bits per heavy atom. The summed E-state index contributed by atoms with van der Waals surface area (Å²) in [4.78, 5) is 2.37. The minimum atomic E-state index is 1.10. The van der Waals surface area contributed by atoms with Gasteiger partial charge in [0.25, 0.3) is 0 Å². The largest absolute Gasteiger partial charge is 0.311 e. The Hall–Kier alpha value is -7.52. The normalized spacial score (nSPS) is 11.3. The summed E-state index contributed by atoms with van der Waals surface area (Å²) in [7, 11) is 0. The molecule has 60 heavy (non-hydrogen) atoms. The lowest BCUT2D eigenvalue weighted by atomic mass is 9.86. The number of rotatable bonds is 8. The average molecular weight is 782 g/mol. The van der Waals surface area contributed by atoms with Crippen LogP contribution in [0.25, 0.3) is 86.6 Å². The molecule has 1 aromatic heterocycles. The Morgan fingerprint density at radius 3 is 1.07 bits per heavy atom. The molecule has 0 N–H and O–H groups in total. The lowest BCUT2D eigenvalue weighted by Gasteiger charge is -2.26. The van der Waals surface area contributed by atoms with E-state index in [-0.39, 0.29) is 0 Å². The topological polar surface area (TPSA) is 3.24 Å². The van der Waals surface area contributed by atoms with Crippen molar-refractivity contribution in [3.05, 3.63) is 237 Å². The highest BCUT2D eigenvalue weighted by Gasteiger charge is 2.22. The zero-order valence-corrected chi connectivity index (χ0v) is 33.7. The Bertz CT molecular complexity index is 3160. The molecule has 10 aromatic carbocycles. The number of hydrogen-bond donors (Lipinski definition) is 0. The van der Waals surface area contributed by atoms with Crippen LogP contribution in [0.4, 0.5) is 17.1 Å². The highest BCUT2D eigenvalue weighted by molar-refractivity contribution is 7.26. The van der Waals surface area contributed by atoms with E-state index in [1.54, 1.807) is 0 Å². The Balaban J connectivity index is 1.08. The van der Waals surface area contributed by atoms with Crippen molar-refractivity contribution in [2.24, 2.45) is 0 Å². The molecule has 0 aliphatic rings. The molecule has 0 bridgehead atoms. The maximum atomic E-state index is 2.37. The number of fused-ring (bicyclic) bond motifs is 5. The lowest BCUT2D eigenvalue weighted by Crippen LogP contribution is -2.09. The van der Waals surface area contributed by atoms with E-state index in [0.717, 1.165) is 17.1 Å². The van der Waals surface area contributed by atoms with Crippen molar-refractivity contribution in [1.29, 1.82) is 0 Å². The maximum absolute atomic E-state index is 2.37. The molecular formula is C58H39NS. The predicted octanol–water partition coefficient (Wildman–Crippen LogP) is 17.0. The van der Waals surface area contributed by atoms with Crippen LogP contribution in [-0.4, -0.2) is 0 Å². The fourth-order valence-electron chi connectivity index (χ4n) is 8.78. The first kappa shape index (κ1) is 35.6. The van der Waals surface area contributed by atoms with Crippen molar-refractivity contribution >= 4 is 59.3 Å². The second kappa shape index (κ2) is 15.3. The zero-order chi connectivity index (χ0) is 39.8. The first-order valence-electron chi connectivity index (χ1n) is 20.5. The standard InChI is InChI=1S/C58H39NS/c1-4-14-40(15-5-1)43-24-26-47(27-25-43)56-55(51-20-10-11-21-52(51)58-57(56)53-22-12-13-23-54(53)60-58)46-32-38-50(39-33-46)59(48-34-28-44(29-35-48)41-16-6-2-7-17-41)49-36-30-45(31-37-49)42-18-8-3-9-19-42/h1-39H. The van der Waals surface area contributed by atoms with Gasteiger partial charge in [-0.3, -0.25) is 0 Å². The van der Waals surface area contributed by atoms with Crippen molar-refractivity contribution in [1.82, 2.24) is 0 Å². The summed E-state index contributed by atoms with van der Waals surface area (Å²) in [5.74, 6) is 0. The molecule has 0 radical (unpaired) electrons. The quantitative estimate of drug-likeness (QED) is 0.148. The number of nitrogens with zero attached hydrogens (tertiary/aromatic N) is 1. The first-order chi connectivity index (χ1) is 29.8. The monoisotopic (exact) mass is 781 g/mol. The summed E-state index contributed by atoms with van der Waals surface area (Å²) in [5, 5.41) is 5.17. The van der Waals surface area contributed by atoms with Gasteiger partial charge < -0.3 is 4.90 Å². The highest BCUT2D eigenvalue weighted by Crippen LogP contribution is 2.50. The maximum Gasteiger partial charge on any atom is 0.0462 e. The van der Waals surface area contributed by atoms with E-state index in [0.29, 0.717) is 0 Å². The molecule has 1 heterocycles. The Kier molecular flexibility index (Phi) is 9.11. The third kappa shape index (κ3) is 6.44. The van der Waals surface area contributed by atoms with Crippen molar-refractivity contribution in [3.8, 4) is 55.6 Å². The van der Waals surface area contributed by atoms with Crippen LogP contribution in [0.5, 0.6) is 0 Å². The smallest absolute Gasteiger partial charge is 0.0462 e. The van der Waals surface area contributed by atoms with Crippen molar-refractivity contribution in [2.75, 3.05) is 4.90 Å². The molecule has 0 atom stereocenters. The van der Waals surface area contributed by atoms with Crippen molar-refractivity contribution in [2.45, 2.75) is 0 Å². The molecular weight excluding hydrogens is 743 g/mol. The van der Waals surface area contributed by atoms with Gasteiger partial charge in [-0.15, -0.1) is 11.3 Å². The Morgan fingerprint density at radius 2 is 0.583 bits per heavy atom. The summed E-state index contributed by atoms with van der Waals surface area (Å²) in [5.41, 5.74) is 15.5. The van der Waals surface area contributed by atoms with E-state index in [4.69, 9.17) is 0 Å². The minimum Gasteiger partial charge on any atom is -0.311 e. The molecule has 0 amide bonds. The van der Waals surface area contributed by atoms with Crippen LogP contribution in [0.3, 0.4) is 0 Å². The fourth-order valence-corrected chi connectivity index (χ4v) is 10.0. The third-order valence-corrected chi connectivity index (χ3v) is 12.9. The second-order valence-corrected chi connectivity index (χ2v) is 16.3. The van der Waals surface area contributed by atoms with Gasteiger partial charge in [-0.05, 0) is 103 Å². The van der Waals surface area contributed by atoms with E-state index < -0.39 is 0 Å². The number of benzene rings is 10. The molecule has 11 aromatic rings. The summed E-state index contributed by atoms with van der Waals surface area (Å²) in [6.07, 6.45) is 0. The third-order valence-electron chi connectivity index (χ3n) is 11.7. The number of anilines is 3. The van der Waals surface area contributed by atoms with Gasteiger partial charge >= 0.3 is 0 Å². The molecule has 2 heteroatoms. The molecule has 282 valence electrons. The van der Waals surface area contributed by atoms with Crippen LogP contribution in [0, 0.1) is 0 Å². The summed E-state index contributed by atoms with van der Waals surface area (Å²) < 4.78 is 2.64. The lowest BCUT2D eigenvalue weighted by molar-refractivity contribution is 1.28. The van der Waals surface area contributed by atoms with Gasteiger partial charge in [0.1, 0.15) is 0 Å². The van der Waals surface area contributed by atoms with Gasteiger partial charge in [0.05, 0.1) is 0 Å². The average Bonchev–Trinajstić information content (AvgIpc) is 3.73. The fraction of sp³-hybridized carbons (Fsp3) is 0. The highest BCUT2D eigenvalue weighted by atomic mass is 32.1. The Labute approximate surface area is 354 Å². The van der Waals surface area contributed by atoms with Gasteiger partial charge in [0.15, 0.2) is 0 Å². The molecule has 1 nitrogen and oxygen atoms in total. The molecule has 0 fully saturated rings. The van der Waals surface area contributed by atoms with E-state index >= 15 is 0 Å². The van der Waals surface area contributed by atoms with Crippen LogP contribution < -0.4 is 4.90 Å². The van der Waals surface area contributed by atoms with Crippen LogP contribution in [0.15, 0.2) is 237 Å². The van der Waals surface area contributed by atoms with E-state index in [1.165, 1.54) is 86.6 Å². The summed E-state index contributed by atoms with van der Waals surface area (Å²) in [6, 6.07) is 86.0. The minimum absolute atomic E-state index is 1.10. The van der Waals surface area contributed by atoms with Crippen molar-refractivity contribution < 1.29 is 0 Å². The van der Waals surface area contributed by atoms with Crippen molar-refractivity contribution in [3.63, 3.8) is 0 Å². The van der Waals surface area contributed by atoms with Crippen LogP contribution in [0.1, 0.15) is 0 Å². The van der Waals surface area contributed by atoms with Gasteiger partial charge in [-0.2, -0.15) is 0 Å². The van der Waals surface area contributed by atoms with Crippen LogP contribution in [0.2, 0.25) is 0 Å². The van der Waals surface area contributed by atoms with Gasteiger partial charge in [0, 0.05) is 42.6 Å². The zero-order valence-electron chi connectivity index (χ0n) is 32.9. The van der Waals surface area contributed by atoms with Gasteiger partial charge in [0.2, 0.25) is 0 Å². The predicted molar refractivity (Wildman–Crippen MR) is 259 cm³/mol. The molecule has 0 spiro atoms. The molecule has 0 saturated carbocycles. The molecule has 11 rings (SSSR count). The van der Waals surface area contributed by atoms with Gasteiger partial charge in [-0.25, -0.2) is 0 Å². The number of thiophene rings is 1. The second-order valence-electron chi connectivity index (χ2n) is 15.2. The summed E-state index contributed by atoms with van der Waals surface area (Å²) in [6.45, 7) is 0. The molecule has 0 aliphatic heterocycles. The molecule has 0 saturated heterocycles. The SMILES string of the molecule is c1ccc(-c2ccc(-c3c(-c4ccc(N(c5ccc(-c6ccccc6)cc5)c5ccc(-c6ccccc6)cc5)cc4)c4ccccc4c4sc5ccccc5c34)cc2)cc1. The molecule has 0 unspecified atom stereocenters. The van der Waals surface area contributed by atoms with Gasteiger partial charge in [-0.1, -0.05) is 194 Å².